The molecule has 0 spiro atoms. The Morgan fingerprint density at radius 1 is 1.31 bits per heavy atom. The Balaban J connectivity index is 2.05. The van der Waals surface area contributed by atoms with Crippen molar-refractivity contribution in [1.82, 2.24) is 5.32 Å². The number of hydrogen-bond acceptors (Lipinski definition) is 3. The number of ether oxygens (including phenoxy) is 1. The standard InChI is InChI=1S/C13H27NOS/c1-3-8-14-13-6-4-5-12(13)7-10-16-11-9-15-2/h12-14H,3-11H2,1-2H3. The highest BCUT2D eigenvalue weighted by Gasteiger charge is 2.25. The van der Waals surface area contributed by atoms with Gasteiger partial charge in [0.15, 0.2) is 0 Å². The lowest BCUT2D eigenvalue weighted by Gasteiger charge is -2.20. The summed E-state index contributed by atoms with van der Waals surface area (Å²) >= 11 is 2.04. The molecule has 1 aliphatic carbocycles. The van der Waals surface area contributed by atoms with E-state index in [1.807, 2.05) is 11.8 Å². The minimum Gasteiger partial charge on any atom is -0.384 e. The molecule has 0 amide bonds. The lowest BCUT2D eigenvalue weighted by atomic mass is 10.0. The van der Waals surface area contributed by atoms with E-state index >= 15 is 0 Å². The lowest BCUT2D eigenvalue weighted by Crippen LogP contribution is -2.33. The van der Waals surface area contributed by atoms with Crippen molar-refractivity contribution in [3.05, 3.63) is 0 Å². The van der Waals surface area contributed by atoms with Gasteiger partial charge in [-0.15, -0.1) is 0 Å². The van der Waals surface area contributed by atoms with E-state index in [0.29, 0.717) is 0 Å². The van der Waals surface area contributed by atoms with Crippen LogP contribution < -0.4 is 5.32 Å². The quantitative estimate of drug-likeness (QED) is 0.631. The normalized spacial score (nSPS) is 25.1. The Kier molecular flexibility index (Phi) is 8.34. The number of thioether (sulfide) groups is 1. The summed E-state index contributed by atoms with van der Waals surface area (Å²) in [5, 5.41) is 3.70. The van der Waals surface area contributed by atoms with E-state index in [1.54, 1.807) is 7.11 Å². The van der Waals surface area contributed by atoms with Crippen LogP contribution in [0.25, 0.3) is 0 Å². The van der Waals surface area contributed by atoms with Crippen molar-refractivity contribution in [1.29, 1.82) is 0 Å². The van der Waals surface area contributed by atoms with Gasteiger partial charge in [-0.2, -0.15) is 11.8 Å². The van der Waals surface area contributed by atoms with Gasteiger partial charge in [0.2, 0.25) is 0 Å². The topological polar surface area (TPSA) is 21.3 Å². The summed E-state index contributed by atoms with van der Waals surface area (Å²) in [5.74, 6) is 3.39. The predicted octanol–water partition coefficient (Wildman–Crippen LogP) is 2.92. The molecule has 1 rings (SSSR count). The predicted molar refractivity (Wildman–Crippen MR) is 73.2 cm³/mol. The number of nitrogens with one attached hydrogen (secondary N) is 1. The molecule has 0 radical (unpaired) electrons. The fourth-order valence-corrected chi connectivity index (χ4v) is 3.42. The van der Waals surface area contributed by atoms with E-state index in [0.717, 1.165) is 24.3 Å². The van der Waals surface area contributed by atoms with E-state index in [-0.39, 0.29) is 0 Å². The summed E-state index contributed by atoms with van der Waals surface area (Å²) in [4.78, 5) is 0. The van der Waals surface area contributed by atoms with Crippen molar-refractivity contribution >= 4 is 11.8 Å². The smallest absolute Gasteiger partial charge is 0.0552 e. The summed E-state index contributed by atoms with van der Waals surface area (Å²) < 4.78 is 5.05. The summed E-state index contributed by atoms with van der Waals surface area (Å²) in [6.07, 6.45) is 6.90. The maximum Gasteiger partial charge on any atom is 0.0552 e. The summed E-state index contributed by atoms with van der Waals surface area (Å²) in [5.41, 5.74) is 0. The molecule has 2 nitrogen and oxygen atoms in total. The van der Waals surface area contributed by atoms with E-state index < -0.39 is 0 Å². The highest BCUT2D eigenvalue weighted by atomic mass is 32.2. The molecule has 2 unspecified atom stereocenters. The Morgan fingerprint density at radius 2 is 2.19 bits per heavy atom. The fourth-order valence-electron chi connectivity index (χ4n) is 2.46. The van der Waals surface area contributed by atoms with Gasteiger partial charge in [-0.05, 0) is 43.9 Å². The zero-order valence-electron chi connectivity index (χ0n) is 10.8. The lowest BCUT2D eigenvalue weighted by molar-refractivity contribution is 0.218. The van der Waals surface area contributed by atoms with Crippen molar-refractivity contribution < 1.29 is 4.74 Å². The first-order valence-corrected chi connectivity index (χ1v) is 7.84. The van der Waals surface area contributed by atoms with Crippen molar-refractivity contribution in [2.24, 2.45) is 5.92 Å². The van der Waals surface area contributed by atoms with Crippen molar-refractivity contribution in [2.45, 2.75) is 45.1 Å². The van der Waals surface area contributed by atoms with Gasteiger partial charge in [0.25, 0.3) is 0 Å². The Hall–Kier alpha value is 0.270. The van der Waals surface area contributed by atoms with Crippen LogP contribution in [0.5, 0.6) is 0 Å². The summed E-state index contributed by atoms with van der Waals surface area (Å²) in [6.45, 7) is 4.34. The molecule has 0 bridgehead atoms. The molecule has 96 valence electrons. The van der Waals surface area contributed by atoms with Gasteiger partial charge in [0.05, 0.1) is 6.61 Å². The molecule has 1 saturated carbocycles. The van der Waals surface area contributed by atoms with Gasteiger partial charge in [0.1, 0.15) is 0 Å². The molecule has 0 saturated heterocycles. The van der Waals surface area contributed by atoms with Crippen LogP contribution in [-0.4, -0.2) is 37.8 Å². The average Bonchev–Trinajstić information content (AvgIpc) is 2.74. The highest BCUT2D eigenvalue weighted by Crippen LogP contribution is 2.29. The van der Waals surface area contributed by atoms with Gasteiger partial charge in [-0.1, -0.05) is 13.3 Å². The third kappa shape index (κ3) is 5.55. The number of methoxy groups -OCH3 is 1. The van der Waals surface area contributed by atoms with Crippen LogP contribution >= 0.6 is 11.8 Å². The monoisotopic (exact) mass is 245 g/mol. The SMILES string of the molecule is CCCNC1CCCC1CCSCCOC. The molecule has 3 heteroatoms. The van der Waals surface area contributed by atoms with Gasteiger partial charge in [-0.3, -0.25) is 0 Å². The van der Waals surface area contributed by atoms with E-state index in [4.69, 9.17) is 4.74 Å². The third-order valence-electron chi connectivity index (χ3n) is 3.38. The average molecular weight is 245 g/mol. The highest BCUT2D eigenvalue weighted by molar-refractivity contribution is 7.99. The maximum atomic E-state index is 5.05. The van der Waals surface area contributed by atoms with Gasteiger partial charge >= 0.3 is 0 Å². The van der Waals surface area contributed by atoms with Crippen LogP contribution in [0.3, 0.4) is 0 Å². The Bertz CT molecular complexity index is 166. The molecule has 16 heavy (non-hydrogen) atoms. The van der Waals surface area contributed by atoms with Crippen molar-refractivity contribution in [3.8, 4) is 0 Å². The Morgan fingerprint density at radius 3 is 2.94 bits per heavy atom. The summed E-state index contributed by atoms with van der Waals surface area (Å²) in [6, 6.07) is 0.808. The first-order valence-electron chi connectivity index (χ1n) is 6.68. The molecule has 1 N–H and O–H groups in total. The van der Waals surface area contributed by atoms with Crippen molar-refractivity contribution in [3.63, 3.8) is 0 Å². The molecule has 0 heterocycles. The first-order chi connectivity index (χ1) is 7.88. The number of rotatable bonds is 9. The van der Waals surface area contributed by atoms with Crippen LogP contribution in [0.1, 0.15) is 39.0 Å². The molecule has 0 aromatic carbocycles. The zero-order valence-corrected chi connectivity index (χ0v) is 11.7. The summed E-state index contributed by atoms with van der Waals surface area (Å²) in [7, 11) is 1.78. The first kappa shape index (κ1) is 14.3. The molecule has 0 aliphatic heterocycles. The van der Waals surface area contributed by atoms with Gasteiger partial charge in [-0.25, -0.2) is 0 Å². The Labute approximate surface area is 105 Å². The second-order valence-electron chi connectivity index (χ2n) is 4.65. The second kappa shape index (κ2) is 9.32. The largest absolute Gasteiger partial charge is 0.384 e. The fraction of sp³-hybridized carbons (Fsp3) is 1.00. The van der Waals surface area contributed by atoms with Crippen LogP contribution in [0.4, 0.5) is 0 Å². The minimum absolute atomic E-state index is 0.808. The van der Waals surface area contributed by atoms with Gasteiger partial charge in [0, 0.05) is 18.9 Å². The van der Waals surface area contributed by atoms with Crippen LogP contribution in [-0.2, 0) is 4.74 Å². The maximum absolute atomic E-state index is 5.05. The number of hydrogen-bond donors (Lipinski definition) is 1. The van der Waals surface area contributed by atoms with Crippen molar-refractivity contribution in [2.75, 3.05) is 31.8 Å². The third-order valence-corrected chi connectivity index (χ3v) is 4.36. The van der Waals surface area contributed by atoms with Crippen LogP contribution in [0.15, 0.2) is 0 Å². The van der Waals surface area contributed by atoms with Crippen LogP contribution in [0, 0.1) is 5.92 Å². The molecular weight excluding hydrogens is 218 g/mol. The molecule has 1 aliphatic rings. The van der Waals surface area contributed by atoms with E-state index in [2.05, 4.69) is 12.2 Å². The molecule has 0 aromatic rings. The molecule has 1 fully saturated rings. The molecular formula is C13H27NOS. The van der Waals surface area contributed by atoms with E-state index in [1.165, 1.54) is 44.4 Å². The minimum atomic E-state index is 0.808. The molecule has 2 atom stereocenters. The molecule has 0 aromatic heterocycles. The van der Waals surface area contributed by atoms with Gasteiger partial charge < -0.3 is 10.1 Å². The zero-order chi connectivity index (χ0) is 11.6. The second-order valence-corrected chi connectivity index (χ2v) is 5.87. The van der Waals surface area contributed by atoms with E-state index in [9.17, 15) is 0 Å². The van der Waals surface area contributed by atoms with Crippen LogP contribution in [0.2, 0.25) is 0 Å².